The Morgan fingerprint density at radius 3 is 1.97 bits per heavy atom. The van der Waals surface area contributed by atoms with Gasteiger partial charge < -0.3 is 14.4 Å². The van der Waals surface area contributed by atoms with Crippen LogP contribution >= 0.6 is 0 Å². The molecule has 17 nitrogen and oxygen atoms in total. The summed E-state index contributed by atoms with van der Waals surface area (Å²) in [6, 6.07) is 28.5. The van der Waals surface area contributed by atoms with Crippen molar-refractivity contribution in [3.05, 3.63) is 151 Å². The number of nitrogens with zero attached hydrogens (tertiary/aromatic N) is 8. The summed E-state index contributed by atoms with van der Waals surface area (Å²) in [7, 11) is 3.15. The topological polar surface area (TPSA) is 164 Å². The van der Waals surface area contributed by atoms with Crippen molar-refractivity contribution in [3.8, 4) is 56.9 Å². The second-order valence-corrected chi connectivity index (χ2v) is 14.3. The molecule has 8 heterocycles. The number of aromatic amines is 2. The zero-order valence-electron chi connectivity index (χ0n) is 30.8. The van der Waals surface area contributed by atoms with Crippen LogP contribution in [0.2, 0.25) is 0 Å². The second kappa shape index (κ2) is 10.9. The molecule has 10 aromatic rings. The SMILES string of the molecule is Cc1ccccc1-c1cn2c3c(=O)[nH]c(=O)n(C)c3[n+]3c2n1-c1cccc(Oc2cccc(-c4cn5c6c(=O)[nH]c(=O)n(C)c6[n+]6c5n4-c4ccccc4O6)c2)c1O3. The lowest BCUT2D eigenvalue weighted by atomic mass is 10.1. The van der Waals surface area contributed by atoms with Crippen LogP contribution in [0.4, 0.5) is 0 Å². The van der Waals surface area contributed by atoms with Gasteiger partial charge in [0, 0.05) is 11.1 Å². The molecule has 0 unspecified atom stereocenters. The van der Waals surface area contributed by atoms with Crippen molar-refractivity contribution >= 4 is 33.9 Å². The van der Waals surface area contributed by atoms with Gasteiger partial charge in [0.05, 0.1) is 26.5 Å². The Morgan fingerprint density at radius 2 is 1.24 bits per heavy atom. The van der Waals surface area contributed by atoms with Gasteiger partial charge in [0.1, 0.15) is 28.5 Å². The molecule has 0 fully saturated rings. The van der Waals surface area contributed by atoms with E-state index in [1.165, 1.54) is 18.6 Å². The Morgan fingerprint density at radius 1 is 0.638 bits per heavy atom. The Hall–Kier alpha value is -8.34. The summed E-state index contributed by atoms with van der Waals surface area (Å²) in [4.78, 5) is 70.1. The molecule has 2 aliphatic heterocycles. The standard InChI is InChI=1S/C41H26N10O7/c1-21-10-4-5-13-24(21)28-20-47-32-35(53)43-39(55)45(3)37(32)51-41(47)49(28)26-15-9-17-30(33(26)58-51)56-23-12-8-11-22(18-23)27-19-46-31-34(52)42-38(54)44(2)36(31)50-40(46)48(27)25-14-6-7-16-29(25)57-50/h4-20H,1-3H3/p+2. The molecule has 6 aromatic heterocycles. The van der Waals surface area contributed by atoms with Crippen LogP contribution in [0.15, 0.2) is 123 Å². The molecule has 0 bridgehead atoms. The van der Waals surface area contributed by atoms with Crippen molar-refractivity contribution in [2.24, 2.45) is 14.1 Å². The number of H-pyrrole nitrogens is 2. The predicted octanol–water partition coefficient (Wildman–Crippen LogP) is 3.17. The molecule has 282 valence electrons. The normalized spacial score (nSPS) is 12.6. The van der Waals surface area contributed by atoms with E-state index in [0.717, 1.165) is 33.8 Å². The molecular weight excluding hydrogens is 745 g/mol. The summed E-state index contributed by atoms with van der Waals surface area (Å²) in [6.45, 7) is 2.02. The first-order valence-electron chi connectivity index (χ1n) is 18.2. The minimum Gasteiger partial charge on any atom is -0.453 e. The Kier molecular flexibility index (Phi) is 6.01. The summed E-state index contributed by atoms with van der Waals surface area (Å²) in [5.74, 6) is 2.76. The van der Waals surface area contributed by atoms with E-state index in [1.54, 1.807) is 29.0 Å². The Bertz CT molecular complexity index is 3760. The smallest absolute Gasteiger partial charge is 0.372 e. The number of aromatic nitrogens is 10. The number of ether oxygens (including phenoxy) is 1. The number of benzene rings is 4. The number of hydrogen-bond donors (Lipinski definition) is 2. The molecule has 58 heavy (non-hydrogen) atoms. The molecule has 4 aromatic carbocycles. The van der Waals surface area contributed by atoms with Gasteiger partial charge in [-0.2, -0.15) is 0 Å². The third-order valence-corrected chi connectivity index (χ3v) is 11.0. The third kappa shape index (κ3) is 3.97. The van der Waals surface area contributed by atoms with E-state index < -0.39 is 22.5 Å². The van der Waals surface area contributed by atoms with E-state index >= 15 is 0 Å². The van der Waals surface area contributed by atoms with Gasteiger partial charge in [0.15, 0.2) is 5.75 Å². The van der Waals surface area contributed by atoms with Gasteiger partial charge in [-0.3, -0.25) is 19.6 Å². The van der Waals surface area contributed by atoms with Gasteiger partial charge in [0.2, 0.25) is 22.5 Å². The average Bonchev–Trinajstić information content (AvgIpc) is 3.97. The van der Waals surface area contributed by atoms with Crippen LogP contribution in [-0.2, 0) is 14.1 Å². The van der Waals surface area contributed by atoms with Crippen molar-refractivity contribution in [2.45, 2.75) is 6.92 Å². The van der Waals surface area contributed by atoms with E-state index in [0.29, 0.717) is 45.9 Å². The fraction of sp³-hybridized carbons (Fsp3) is 0.0732. The second-order valence-electron chi connectivity index (χ2n) is 14.3. The van der Waals surface area contributed by atoms with Crippen molar-refractivity contribution in [1.29, 1.82) is 0 Å². The molecule has 2 N–H and O–H groups in total. The minimum absolute atomic E-state index is 0.240. The molecule has 2 aliphatic rings. The van der Waals surface area contributed by atoms with Crippen LogP contribution in [0.1, 0.15) is 5.56 Å². The predicted molar refractivity (Wildman–Crippen MR) is 208 cm³/mol. The molecule has 17 heteroatoms. The molecule has 0 saturated carbocycles. The maximum atomic E-state index is 13.4. The Labute approximate surface area is 322 Å². The quantitative estimate of drug-likeness (QED) is 0.260. The number of imidazole rings is 4. The average molecular weight is 773 g/mol. The fourth-order valence-corrected chi connectivity index (χ4v) is 8.40. The number of rotatable bonds is 4. The van der Waals surface area contributed by atoms with E-state index in [2.05, 4.69) is 9.97 Å². The molecule has 0 amide bonds. The lowest BCUT2D eigenvalue weighted by molar-refractivity contribution is -0.839. The number of aryl methyl sites for hydroxylation is 3. The molecule has 0 spiro atoms. The first kappa shape index (κ1) is 32.0. The van der Waals surface area contributed by atoms with Crippen molar-refractivity contribution in [1.82, 2.24) is 37.0 Å². The summed E-state index contributed by atoms with van der Waals surface area (Å²) in [6.07, 6.45) is 3.71. The van der Waals surface area contributed by atoms with Crippen LogP contribution in [0, 0.1) is 6.92 Å². The lowest BCUT2D eigenvalue weighted by Gasteiger charge is -2.19. The van der Waals surface area contributed by atoms with E-state index in [4.69, 9.17) is 14.4 Å². The van der Waals surface area contributed by atoms with Crippen LogP contribution in [0.3, 0.4) is 0 Å². The van der Waals surface area contributed by atoms with Crippen molar-refractivity contribution < 1.29 is 23.9 Å². The van der Waals surface area contributed by atoms with E-state index in [9.17, 15) is 19.2 Å². The van der Waals surface area contributed by atoms with Gasteiger partial charge in [-0.25, -0.2) is 36.7 Å². The summed E-state index contributed by atoms with van der Waals surface area (Å²) in [5.41, 5.74) is 4.43. The highest BCUT2D eigenvalue weighted by Gasteiger charge is 2.39. The highest BCUT2D eigenvalue weighted by Crippen LogP contribution is 2.43. The first-order valence-corrected chi connectivity index (χ1v) is 18.2. The first-order chi connectivity index (χ1) is 28.2. The molecule has 0 atom stereocenters. The molecule has 0 aliphatic carbocycles. The molecule has 12 rings (SSSR count). The van der Waals surface area contributed by atoms with Crippen molar-refractivity contribution in [3.63, 3.8) is 0 Å². The third-order valence-electron chi connectivity index (χ3n) is 11.0. The van der Waals surface area contributed by atoms with Crippen molar-refractivity contribution in [2.75, 3.05) is 0 Å². The van der Waals surface area contributed by atoms with Crippen LogP contribution < -0.4 is 46.4 Å². The van der Waals surface area contributed by atoms with Crippen LogP contribution in [0.25, 0.3) is 67.8 Å². The van der Waals surface area contributed by atoms with Crippen LogP contribution in [-0.4, -0.2) is 37.0 Å². The van der Waals surface area contributed by atoms with Gasteiger partial charge >= 0.3 is 22.9 Å². The monoisotopic (exact) mass is 772 g/mol. The highest BCUT2D eigenvalue weighted by atomic mass is 16.7. The fourth-order valence-electron chi connectivity index (χ4n) is 8.40. The Balaban J connectivity index is 1.04. The lowest BCUT2D eigenvalue weighted by Crippen LogP contribution is -2.47. The van der Waals surface area contributed by atoms with Crippen LogP contribution in [0.5, 0.6) is 23.0 Å². The van der Waals surface area contributed by atoms with Gasteiger partial charge in [-0.05, 0) is 58.3 Å². The van der Waals surface area contributed by atoms with E-state index in [-0.39, 0.29) is 16.7 Å². The van der Waals surface area contributed by atoms with Gasteiger partial charge in [-0.15, -0.1) is 0 Å². The zero-order valence-corrected chi connectivity index (χ0v) is 30.8. The van der Waals surface area contributed by atoms with Gasteiger partial charge in [-0.1, -0.05) is 54.6 Å². The summed E-state index contributed by atoms with van der Waals surface area (Å²) in [5, 5.41) is 0. The minimum atomic E-state index is -0.584. The molecule has 0 radical (unpaired) electrons. The zero-order chi connectivity index (χ0) is 39.3. The number of para-hydroxylation sites is 3. The largest absolute Gasteiger partial charge is 0.453 e. The van der Waals surface area contributed by atoms with Gasteiger partial charge in [0.25, 0.3) is 22.4 Å². The maximum Gasteiger partial charge on any atom is 0.372 e. The number of fused-ring (bicyclic) bond motifs is 10. The molecule has 0 saturated heterocycles. The number of hydrogen-bond acceptors (Lipinski definition) is 7. The highest BCUT2D eigenvalue weighted by molar-refractivity contribution is 5.80. The van der Waals surface area contributed by atoms with E-state index in [1.807, 2.05) is 113 Å². The number of nitrogens with one attached hydrogen (secondary N) is 2. The summed E-state index contributed by atoms with van der Waals surface area (Å²) < 4.78 is 19.8. The summed E-state index contributed by atoms with van der Waals surface area (Å²) >= 11 is 0. The molecular formula is C41H28N10O7+2. The maximum absolute atomic E-state index is 13.4.